The molecule has 3 aliphatic heterocycles. The lowest BCUT2D eigenvalue weighted by molar-refractivity contribution is 0.226. The quantitative estimate of drug-likeness (QED) is 0.460. The van der Waals surface area contributed by atoms with Crippen molar-refractivity contribution in [3.8, 4) is 0 Å². The lowest BCUT2D eigenvalue weighted by atomic mass is 9.94. The van der Waals surface area contributed by atoms with Crippen molar-refractivity contribution in [2.45, 2.75) is 45.1 Å². The number of hydrogen-bond donors (Lipinski definition) is 0. The van der Waals surface area contributed by atoms with Crippen LogP contribution in [0, 0.1) is 11.7 Å². The molecule has 1 atom stereocenters. The van der Waals surface area contributed by atoms with Gasteiger partial charge < -0.3 is 19.6 Å². The maximum absolute atomic E-state index is 14.5. The predicted molar refractivity (Wildman–Crippen MR) is 152 cm³/mol. The number of rotatable bonds is 1. The maximum atomic E-state index is 14.5. The number of nitrogens with zero attached hydrogens (tertiary/aromatic N) is 7. The van der Waals surface area contributed by atoms with Gasteiger partial charge >= 0.3 is 0 Å². The molecular weight excluding hydrogens is 477 g/mol. The first-order chi connectivity index (χ1) is 18.4. The zero-order valence-electron chi connectivity index (χ0n) is 23.0. The lowest BCUT2D eigenvalue weighted by Crippen LogP contribution is -2.45. The van der Waals surface area contributed by atoms with Gasteiger partial charge in [0.2, 0.25) is 0 Å². The van der Waals surface area contributed by atoms with Gasteiger partial charge in [-0.1, -0.05) is 19.6 Å². The summed E-state index contributed by atoms with van der Waals surface area (Å²) in [4.78, 5) is 14.5. The van der Waals surface area contributed by atoms with Crippen LogP contribution < -0.4 is 9.80 Å². The van der Waals surface area contributed by atoms with E-state index in [1.54, 1.807) is 12.1 Å². The van der Waals surface area contributed by atoms with Gasteiger partial charge in [-0.25, -0.2) is 9.37 Å². The summed E-state index contributed by atoms with van der Waals surface area (Å²) in [5.41, 5.74) is 4.92. The Morgan fingerprint density at radius 1 is 0.974 bits per heavy atom. The smallest absolute Gasteiger partial charge is 0.160 e. The number of halogens is 1. The van der Waals surface area contributed by atoms with Crippen LogP contribution in [0.4, 0.5) is 16.0 Å². The first kappa shape index (κ1) is 25.2. The average Bonchev–Trinajstić information content (AvgIpc) is 3.33. The molecule has 6 rings (SSSR count). The van der Waals surface area contributed by atoms with E-state index < -0.39 is 0 Å². The summed E-state index contributed by atoms with van der Waals surface area (Å²) >= 11 is 0. The van der Waals surface area contributed by atoms with E-state index in [0.29, 0.717) is 5.92 Å². The predicted octanol–water partition coefficient (Wildman–Crippen LogP) is 4.84. The van der Waals surface area contributed by atoms with E-state index in [2.05, 4.69) is 59.3 Å². The molecule has 2 saturated heterocycles. The Hall–Kier alpha value is -3.13. The van der Waals surface area contributed by atoms with Gasteiger partial charge in [-0.2, -0.15) is 9.61 Å². The van der Waals surface area contributed by atoms with Crippen molar-refractivity contribution in [1.82, 2.24) is 24.4 Å². The van der Waals surface area contributed by atoms with Crippen molar-refractivity contribution in [2.24, 2.45) is 5.92 Å². The molecular formula is C30H40FN7. The van der Waals surface area contributed by atoms with E-state index >= 15 is 0 Å². The highest BCUT2D eigenvalue weighted by Crippen LogP contribution is 2.38. The maximum Gasteiger partial charge on any atom is 0.160 e. The Balaban J connectivity index is 1.45. The van der Waals surface area contributed by atoms with E-state index in [4.69, 9.17) is 10.1 Å². The van der Waals surface area contributed by atoms with Gasteiger partial charge in [-0.15, -0.1) is 0 Å². The number of piperidine rings is 1. The third kappa shape index (κ3) is 4.75. The monoisotopic (exact) mass is 517 g/mol. The largest absolute Gasteiger partial charge is 0.363 e. The molecule has 5 heterocycles. The lowest BCUT2D eigenvalue weighted by Gasteiger charge is -2.38. The van der Waals surface area contributed by atoms with E-state index in [1.807, 2.05) is 10.6 Å². The van der Waals surface area contributed by atoms with Crippen LogP contribution in [0.3, 0.4) is 0 Å². The molecule has 7 nitrogen and oxygen atoms in total. The van der Waals surface area contributed by atoms with Gasteiger partial charge in [-0.3, -0.25) is 0 Å². The SMILES string of the molecule is C=C1c2cc(F)ccc2CCCN(C)CCN(C)c2cc(N3CC(C)C3)nc3cc(nn23)C2CCCCN12. The molecule has 202 valence electrons. The summed E-state index contributed by atoms with van der Waals surface area (Å²) in [6.45, 7) is 12.6. The molecule has 2 bridgehead atoms. The molecule has 1 unspecified atom stereocenters. The van der Waals surface area contributed by atoms with Gasteiger partial charge in [0.15, 0.2) is 5.65 Å². The number of likely N-dealkylation sites (N-methyl/N-ethyl adjacent to an activating group) is 2. The van der Waals surface area contributed by atoms with Gasteiger partial charge in [0.1, 0.15) is 17.5 Å². The van der Waals surface area contributed by atoms with Crippen LogP contribution in [0.15, 0.2) is 36.9 Å². The molecule has 0 saturated carbocycles. The van der Waals surface area contributed by atoms with E-state index in [1.165, 1.54) is 5.56 Å². The molecule has 0 N–H and O–H groups in total. The summed E-state index contributed by atoms with van der Waals surface area (Å²) in [6.07, 6.45) is 5.17. The van der Waals surface area contributed by atoms with Crippen molar-refractivity contribution in [3.05, 3.63) is 59.5 Å². The second kappa shape index (κ2) is 10.2. The van der Waals surface area contributed by atoms with Crippen molar-refractivity contribution < 1.29 is 4.39 Å². The van der Waals surface area contributed by atoms with E-state index in [0.717, 1.165) is 106 Å². The summed E-state index contributed by atoms with van der Waals surface area (Å²) in [5, 5.41) is 5.17. The minimum absolute atomic E-state index is 0.0961. The van der Waals surface area contributed by atoms with Crippen molar-refractivity contribution in [3.63, 3.8) is 0 Å². The van der Waals surface area contributed by atoms with Crippen LogP contribution in [0.2, 0.25) is 0 Å². The van der Waals surface area contributed by atoms with Gasteiger partial charge in [0.25, 0.3) is 0 Å². The van der Waals surface area contributed by atoms with Crippen molar-refractivity contribution >= 4 is 23.0 Å². The topological polar surface area (TPSA) is 43.1 Å². The zero-order valence-corrected chi connectivity index (χ0v) is 23.0. The molecule has 2 aromatic heterocycles. The number of fused-ring (bicyclic) bond motifs is 4. The Kier molecular flexibility index (Phi) is 6.76. The molecule has 1 aromatic carbocycles. The number of anilines is 2. The van der Waals surface area contributed by atoms with Gasteiger partial charge in [0.05, 0.1) is 11.7 Å². The van der Waals surface area contributed by atoms with E-state index in [-0.39, 0.29) is 11.9 Å². The highest BCUT2D eigenvalue weighted by atomic mass is 19.1. The molecule has 0 aliphatic carbocycles. The van der Waals surface area contributed by atoms with E-state index in [9.17, 15) is 4.39 Å². The Labute approximate surface area is 225 Å². The fourth-order valence-electron chi connectivity index (χ4n) is 6.28. The summed E-state index contributed by atoms with van der Waals surface area (Å²) in [7, 11) is 4.34. The fourth-order valence-corrected chi connectivity index (χ4v) is 6.28. The Bertz CT molecular complexity index is 1330. The van der Waals surface area contributed by atoms with Crippen LogP contribution in [0.1, 0.15) is 55.5 Å². The van der Waals surface area contributed by atoms with Crippen LogP contribution >= 0.6 is 0 Å². The van der Waals surface area contributed by atoms with Crippen LogP contribution in [-0.2, 0) is 6.42 Å². The zero-order chi connectivity index (χ0) is 26.4. The number of hydrogen-bond acceptors (Lipinski definition) is 6. The summed E-state index contributed by atoms with van der Waals surface area (Å²) in [6, 6.07) is 9.67. The summed E-state index contributed by atoms with van der Waals surface area (Å²) in [5.74, 6) is 2.60. The number of benzene rings is 1. The third-order valence-corrected chi connectivity index (χ3v) is 8.57. The standard InChI is InChI=1S/C30H40FN7/c1-21-19-36(20-21)28-18-30-35(4)15-14-34(3)12-7-8-23-10-11-24(31)16-25(23)22(2)37-13-6-5-9-27(37)26-17-29(32-28)38(30)33-26/h10-11,16-18,21,27H,2,5-9,12-15,19-20H2,1,3-4H3. The number of aromatic nitrogens is 3. The minimum atomic E-state index is -0.206. The highest BCUT2D eigenvalue weighted by Gasteiger charge is 2.31. The third-order valence-electron chi connectivity index (χ3n) is 8.57. The molecule has 8 heteroatoms. The fraction of sp³-hybridized carbons (Fsp3) is 0.533. The highest BCUT2D eigenvalue weighted by molar-refractivity contribution is 5.66. The van der Waals surface area contributed by atoms with Gasteiger partial charge in [-0.05, 0) is 69.3 Å². The first-order valence-corrected chi connectivity index (χ1v) is 14.2. The molecule has 38 heavy (non-hydrogen) atoms. The van der Waals surface area contributed by atoms with Crippen LogP contribution in [0.5, 0.6) is 0 Å². The normalized spacial score (nSPS) is 22.1. The Morgan fingerprint density at radius 3 is 2.63 bits per heavy atom. The summed E-state index contributed by atoms with van der Waals surface area (Å²) < 4.78 is 16.5. The second-order valence-electron chi connectivity index (χ2n) is 11.6. The Morgan fingerprint density at radius 2 is 1.82 bits per heavy atom. The number of aryl methyl sites for hydroxylation is 1. The molecule has 2 fully saturated rings. The molecule has 3 aliphatic rings. The van der Waals surface area contributed by atoms with Crippen LogP contribution in [-0.4, -0.2) is 77.8 Å². The van der Waals surface area contributed by atoms with Crippen LogP contribution in [0.25, 0.3) is 11.3 Å². The first-order valence-electron chi connectivity index (χ1n) is 14.2. The van der Waals surface area contributed by atoms with Gasteiger partial charge in [0, 0.05) is 63.2 Å². The second-order valence-corrected chi connectivity index (χ2v) is 11.6. The average molecular weight is 518 g/mol. The minimum Gasteiger partial charge on any atom is -0.363 e. The molecule has 0 amide bonds. The van der Waals surface area contributed by atoms with Crippen molar-refractivity contribution in [1.29, 1.82) is 0 Å². The molecule has 0 spiro atoms. The molecule has 3 aromatic rings. The molecule has 0 radical (unpaired) electrons. The van der Waals surface area contributed by atoms with Crippen molar-refractivity contribution in [2.75, 3.05) is 63.2 Å².